The van der Waals surface area contributed by atoms with Crippen LogP contribution in [0.2, 0.25) is 0 Å². The fourth-order valence-electron chi connectivity index (χ4n) is 3.62. The van der Waals surface area contributed by atoms with Crippen LogP contribution >= 0.6 is 27.3 Å². The number of hydrogen-bond acceptors (Lipinski definition) is 3. The van der Waals surface area contributed by atoms with Crippen LogP contribution in [0.25, 0.3) is 10.2 Å². The fourth-order valence-corrected chi connectivity index (χ4v) is 5.26. The Kier molecular flexibility index (Phi) is 3.13. The first-order valence-corrected chi connectivity index (χ1v) is 8.68. The number of aromatic nitrogens is 1. The van der Waals surface area contributed by atoms with Crippen LogP contribution in [0.5, 0.6) is 0 Å². The molecule has 2 bridgehead atoms. The van der Waals surface area contributed by atoms with E-state index >= 15 is 0 Å². The molecule has 4 heteroatoms. The van der Waals surface area contributed by atoms with Gasteiger partial charge < -0.3 is 5.32 Å². The second-order valence-electron chi connectivity index (χ2n) is 5.90. The Hall–Kier alpha value is -0.450. The van der Waals surface area contributed by atoms with Gasteiger partial charge in [-0.3, -0.25) is 0 Å². The third kappa shape index (κ3) is 2.46. The van der Waals surface area contributed by atoms with Crippen molar-refractivity contribution < 1.29 is 0 Å². The molecule has 2 aromatic rings. The highest BCUT2D eigenvalue weighted by atomic mass is 79.9. The van der Waals surface area contributed by atoms with Gasteiger partial charge in [-0.1, -0.05) is 15.9 Å². The van der Waals surface area contributed by atoms with E-state index in [1.54, 1.807) is 0 Å². The predicted octanol–water partition coefficient (Wildman–Crippen LogP) is 4.13. The van der Waals surface area contributed by atoms with Gasteiger partial charge in [-0.2, -0.15) is 0 Å². The highest BCUT2D eigenvalue weighted by molar-refractivity contribution is 9.10. The quantitative estimate of drug-likeness (QED) is 0.891. The van der Waals surface area contributed by atoms with Gasteiger partial charge in [0.1, 0.15) is 0 Å². The second kappa shape index (κ2) is 4.83. The third-order valence-corrected chi connectivity index (χ3v) is 5.96. The normalized spacial score (nSPS) is 30.1. The standard InChI is InChI=1S/C15H17BrN2S/c16-10-1-4-13-14(8-10)19-15(18-13)7-9-5-11-2-3-12(6-9)17-11/h1,4,8-9,11-12,17H,2-3,5-7H2. The van der Waals surface area contributed by atoms with Crippen LogP contribution in [-0.2, 0) is 6.42 Å². The molecule has 2 fully saturated rings. The molecule has 19 heavy (non-hydrogen) atoms. The average Bonchev–Trinajstić information content (AvgIpc) is 2.92. The predicted molar refractivity (Wildman–Crippen MR) is 83.7 cm³/mol. The van der Waals surface area contributed by atoms with Crippen molar-refractivity contribution >= 4 is 37.5 Å². The molecular weight excluding hydrogens is 320 g/mol. The Bertz CT molecular complexity index is 597. The number of rotatable bonds is 2. The Morgan fingerprint density at radius 1 is 1.26 bits per heavy atom. The van der Waals surface area contributed by atoms with Gasteiger partial charge in [-0.25, -0.2) is 4.98 Å². The Morgan fingerprint density at radius 2 is 2.05 bits per heavy atom. The Morgan fingerprint density at radius 3 is 2.84 bits per heavy atom. The summed E-state index contributed by atoms with van der Waals surface area (Å²) in [5.74, 6) is 0.836. The van der Waals surface area contributed by atoms with Crippen LogP contribution in [-0.4, -0.2) is 17.1 Å². The van der Waals surface area contributed by atoms with E-state index in [1.165, 1.54) is 41.8 Å². The summed E-state index contributed by atoms with van der Waals surface area (Å²) in [5.41, 5.74) is 1.15. The summed E-state index contributed by atoms with van der Waals surface area (Å²) in [6.07, 6.45) is 6.62. The summed E-state index contributed by atoms with van der Waals surface area (Å²) in [6.45, 7) is 0. The first-order valence-electron chi connectivity index (χ1n) is 7.07. The Labute approximate surface area is 125 Å². The van der Waals surface area contributed by atoms with Crippen LogP contribution in [0, 0.1) is 5.92 Å². The van der Waals surface area contributed by atoms with Crippen molar-refractivity contribution in [1.82, 2.24) is 10.3 Å². The molecule has 2 saturated heterocycles. The van der Waals surface area contributed by atoms with E-state index in [0.717, 1.165) is 28.0 Å². The zero-order valence-electron chi connectivity index (χ0n) is 10.7. The summed E-state index contributed by atoms with van der Waals surface area (Å²) >= 11 is 5.40. The SMILES string of the molecule is Brc1ccc2nc(CC3CC4CCC(C3)N4)sc2c1. The number of nitrogens with zero attached hydrogens (tertiary/aromatic N) is 1. The third-order valence-electron chi connectivity index (χ3n) is 4.43. The molecule has 2 atom stereocenters. The largest absolute Gasteiger partial charge is 0.311 e. The molecule has 0 saturated carbocycles. The van der Waals surface area contributed by atoms with E-state index in [9.17, 15) is 0 Å². The molecule has 2 aliphatic heterocycles. The molecule has 1 aromatic heterocycles. The van der Waals surface area contributed by atoms with E-state index in [2.05, 4.69) is 39.4 Å². The lowest BCUT2D eigenvalue weighted by Crippen LogP contribution is -2.38. The zero-order chi connectivity index (χ0) is 12.8. The fraction of sp³-hybridized carbons (Fsp3) is 0.533. The van der Waals surface area contributed by atoms with Gasteiger partial charge in [0, 0.05) is 23.0 Å². The monoisotopic (exact) mass is 336 g/mol. The molecule has 2 nitrogen and oxygen atoms in total. The molecule has 2 aliphatic rings. The van der Waals surface area contributed by atoms with Gasteiger partial charge in [0.15, 0.2) is 0 Å². The smallest absolute Gasteiger partial charge is 0.0941 e. The highest BCUT2D eigenvalue weighted by Crippen LogP contribution is 2.34. The first kappa shape index (κ1) is 12.3. The number of halogens is 1. The van der Waals surface area contributed by atoms with E-state index in [-0.39, 0.29) is 0 Å². The molecule has 1 aromatic carbocycles. The van der Waals surface area contributed by atoms with Crippen LogP contribution in [0.4, 0.5) is 0 Å². The molecule has 1 N–H and O–H groups in total. The first-order chi connectivity index (χ1) is 9.26. The summed E-state index contributed by atoms with van der Waals surface area (Å²) in [5, 5.41) is 5.04. The topological polar surface area (TPSA) is 24.9 Å². The van der Waals surface area contributed by atoms with Crippen molar-refractivity contribution in [2.45, 2.75) is 44.2 Å². The van der Waals surface area contributed by atoms with Gasteiger partial charge in [0.25, 0.3) is 0 Å². The van der Waals surface area contributed by atoms with Gasteiger partial charge in [0.05, 0.1) is 15.2 Å². The van der Waals surface area contributed by atoms with Crippen LogP contribution < -0.4 is 5.32 Å². The molecule has 0 spiro atoms. The number of piperidine rings is 1. The van der Waals surface area contributed by atoms with Crippen LogP contribution in [0.3, 0.4) is 0 Å². The minimum Gasteiger partial charge on any atom is -0.311 e. The summed E-state index contributed by atoms with van der Waals surface area (Å²) in [6, 6.07) is 7.95. The van der Waals surface area contributed by atoms with Crippen molar-refractivity contribution in [2.24, 2.45) is 5.92 Å². The number of nitrogens with one attached hydrogen (secondary N) is 1. The van der Waals surface area contributed by atoms with Crippen molar-refractivity contribution in [3.05, 3.63) is 27.7 Å². The lowest BCUT2D eigenvalue weighted by Gasteiger charge is -2.28. The van der Waals surface area contributed by atoms with Crippen molar-refractivity contribution in [2.75, 3.05) is 0 Å². The number of hydrogen-bond donors (Lipinski definition) is 1. The maximum Gasteiger partial charge on any atom is 0.0941 e. The molecule has 100 valence electrons. The molecule has 4 rings (SSSR count). The maximum atomic E-state index is 4.80. The van der Waals surface area contributed by atoms with Gasteiger partial charge in [-0.05, 0) is 49.8 Å². The lowest BCUT2D eigenvalue weighted by atomic mass is 9.90. The number of benzene rings is 1. The molecule has 0 amide bonds. The summed E-state index contributed by atoms with van der Waals surface area (Å²) in [7, 11) is 0. The zero-order valence-corrected chi connectivity index (χ0v) is 13.1. The minimum atomic E-state index is 0.785. The van der Waals surface area contributed by atoms with Crippen LogP contribution in [0.15, 0.2) is 22.7 Å². The van der Waals surface area contributed by atoms with Crippen molar-refractivity contribution in [3.8, 4) is 0 Å². The molecule has 2 unspecified atom stereocenters. The van der Waals surface area contributed by atoms with Crippen molar-refractivity contribution in [1.29, 1.82) is 0 Å². The molecular formula is C15H17BrN2S. The highest BCUT2D eigenvalue weighted by Gasteiger charge is 2.33. The minimum absolute atomic E-state index is 0.785. The van der Waals surface area contributed by atoms with E-state index in [0.29, 0.717) is 0 Å². The van der Waals surface area contributed by atoms with Gasteiger partial charge in [-0.15, -0.1) is 11.3 Å². The van der Waals surface area contributed by atoms with E-state index < -0.39 is 0 Å². The lowest BCUT2D eigenvalue weighted by molar-refractivity contribution is 0.298. The molecule has 0 aliphatic carbocycles. The average molecular weight is 337 g/mol. The number of thiazole rings is 1. The van der Waals surface area contributed by atoms with E-state index in [1.807, 2.05) is 11.3 Å². The van der Waals surface area contributed by atoms with Gasteiger partial charge in [0.2, 0.25) is 0 Å². The van der Waals surface area contributed by atoms with Crippen LogP contribution in [0.1, 0.15) is 30.7 Å². The van der Waals surface area contributed by atoms with Crippen molar-refractivity contribution in [3.63, 3.8) is 0 Å². The summed E-state index contributed by atoms with van der Waals surface area (Å²) in [4.78, 5) is 4.80. The van der Waals surface area contributed by atoms with E-state index in [4.69, 9.17) is 4.98 Å². The number of fused-ring (bicyclic) bond motifs is 3. The van der Waals surface area contributed by atoms with Gasteiger partial charge >= 0.3 is 0 Å². The molecule has 3 heterocycles. The molecule has 0 radical (unpaired) electrons. The summed E-state index contributed by atoms with van der Waals surface area (Å²) < 4.78 is 2.45. The maximum absolute atomic E-state index is 4.80. The Balaban J connectivity index is 1.54. The second-order valence-corrected chi connectivity index (χ2v) is 7.93.